The fraction of sp³-hybridized carbons (Fsp3) is 0.250. The van der Waals surface area contributed by atoms with Gasteiger partial charge in [0.25, 0.3) is 0 Å². The Bertz CT molecular complexity index is 828. The third-order valence-electron chi connectivity index (χ3n) is 4.06. The number of hydrogen-bond donors (Lipinski definition) is 3. The number of aliphatic hydroxyl groups excluding tert-OH is 1. The highest BCUT2D eigenvalue weighted by Crippen LogP contribution is 2.31. The largest absolute Gasteiger partial charge is 0.390 e. The number of nitrogens with one attached hydrogen (secondary N) is 2. The van der Waals surface area contributed by atoms with Gasteiger partial charge in [0, 0.05) is 24.2 Å². The lowest BCUT2D eigenvalue weighted by Crippen LogP contribution is -2.40. The number of rotatable bonds is 3. The Kier molecular flexibility index (Phi) is 3.51. The summed E-state index contributed by atoms with van der Waals surface area (Å²) in [6.07, 6.45) is 3.81. The summed E-state index contributed by atoms with van der Waals surface area (Å²) in [6, 6.07) is 7.12. The van der Waals surface area contributed by atoms with Crippen molar-refractivity contribution >= 4 is 22.3 Å². The number of thiazole rings is 1. The molecule has 1 aromatic carbocycles. The first-order valence-corrected chi connectivity index (χ1v) is 8.30. The van der Waals surface area contributed by atoms with Gasteiger partial charge in [0.2, 0.25) is 0 Å². The van der Waals surface area contributed by atoms with Crippen molar-refractivity contribution < 1.29 is 9.90 Å². The zero-order valence-electron chi connectivity index (χ0n) is 12.3. The Hall–Kier alpha value is -2.38. The monoisotopic (exact) mass is 328 g/mol. The fourth-order valence-corrected chi connectivity index (χ4v) is 3.69. The predicted molar refractivity (Wildman–Crippen MR) is 87.3 cm³/mol. The molecule has 7 heteroatoms. The zero-order chi connectivity index (χ0) is 15.8. The quantitative estimate of drug-likeness (QED) is 0.686. The van der Waals surface area contributed by atoms with Gasteiger partial charge in [0.15, 0.2) is 4.96 Å². The lowest BCUT2D eigenvalue weighted by atomic mass is 10.1. The van der Waals surface area contributed by atoms with Gasteiger partial charge in [-0.15, -0.1) is 11.3 Å². The molecular formula is C16H16N4O2S. The van der Waals surface area contributed by atoms with Gasteiger partial charge in [-0.2, -0.15) is 0 Å². The average Bonchev–Trinajstić information content (AvgIpc) is 3.19. The molecule has 118 valence electrons. The number of aromatic nitrogens is 2. The maximum Gasteiger partial charge on any atom is 0.315 e. The molecule has 23 heavy (non-hydrogen) atoms. The van der Waals surface area contributed by atoms with Gasteiger partial charge in [-0.05, 0) is 11.1 Å². The van der Waals surface area contributed by atoms with Crippen LogP contribution in [0.5, 0.6) is 0 Å². The number of imidazole rings is 1. The molecule has 2 atom stereocenters. The molecule has 1 aliphatic rings. The molecule has 0 radical (unpaired) electrons. The minimum Gasteiger partial charge on any atom is -0.390 e. The Morgan fingerprint density at radius 1 is 1.43 bits per heavy atom. The number of urea groups is 1. The van der Waals surface area contributed by atoms with Crippen LogP contribution in [0.2, 0.25) is 0 Å². The summed E-state index contributed by atoms with van der Waals surface area (Å²) in [5.41, 5.74) is 2.87. The van der Waals surface area contributed by atoms with E-state index >= 15 is 0 Å². The summed E-state index contributed by atoms with van der Waals surface area (Å²) >= 11 is 1.55. The molecular weight excluding hydrogens is 312 g/mol. The second-order valence-electron chi connectivity index (χ2n) is 5.60. The van der Waals surface area contributed by atoms with Crippen molar-refractivity contribution in [1.82, 2.24) is 20.0 Å². The SMILES string of the molecule is O=C(NCc1cn2ccsc2n1)N[C@@H]1c2ccccc2C[C@H]1O. The first-order valence-electron chi connectivity index (χ1n) is 7.42. The van der Waals surface area contributed by atoms with E-state index in [1.807, 2.05) is 46.4 Å². The molecule has 2 heterocycles. The molecule has 4 rings (SSSR count). The number of fused-ring (bicyclic) bond motifs is 2. The van der Waals surface area contributed by atoms with Crippen LogP contribution in [0.25, 0.3) is 4.96 Å². The molecule has 0 saturated heterocycles. The predicted octanol–water partition coefficient (Wildman–Crippen LogP) is 1.85. The third-order valence-corrected chi connectivity index (χ3v) is 4.83. The molecule has 0 spiro atoms. The third kappa shape index (κ3) is 2.69. The first-order chi connectivity index (χ1) is 11.2. The van der Waals surface area contributed by atoms with Crippen LogP contribution in [-0.2, 0) is 13.0 Å². The number of benzene rings is 1. The molecule has 2 amide bonds. The van der Waals surface area contributed by atoms with Crippen LogP contribution in [0, 0.1) is 0 Å². The van der Waals surface area contributed by atoms with E-state index in [1.54, 1.807) is 11.3 Å². The molecule has 0 fully saturated rings. The number of carbonyl (C=O) groups is 1. The standard InChI is InChI=1S/C16H16N4O2S/c21-13-7-10-3-1-2-4-12(10)14(13)19-15(22)17-8-11-9-20-5-6-23-16(20)18-11/h1-6,9,13-14,21H,7-8H2,(H2,17,19,22)/t13-,14-/m1/s1. The van der Waals surface area contributed by atoms with Crippen LogP contribution in [0.3, 0.4) is 0 Å². The van der Waals surface area contributed by atoms with Crippen LogP contribution < -0.4 is 10.6 Å². The van der Waals surface area contributed by atoms with E-state index in [2.05, 4.69) is 15.6 Å². The van der Waals surface area contributed by atoms with E-state index < -0.39 is 6.10 Å². The Labute approximate surface area is 136 Å². The minimum absolute atomic E-state index is 0.304. The Balaban J connectivity index is 1.39. The summed E-state index contributed by atoms with van der Waals surface area (Å²) in [6.45, 7) is 0.352. The van der Waals surface area contributed by atoms with Crippen molar-refractivity contribution in [2.45, 2.75) is 25.1 Å². The van der Waals surface area contributed by atoms with Crippen LogP contribution in [0.1, 0.15) is 22.9 Å². The molecule has 6 nitrogen and oxygen atoms in total. The van der Waals surface area contributed by atoms with Crippen LogP contribution in [-0.4, -0.2) is 26.6 Å². The van der Waals surface area contributed by atoms with Crippen molar-refractivity contribution in [3.8, 4) is 0 Å². The number of hydrogen-bond acceptors (Lipinski definition) is 4. The van der Waals surface area contributed by atoms with Gasteiger partial charge in [0.1, 0.15) is 0 Å². The van der Waals surface area contributed by atoms with Crippen molar-refractivity contribution in [3.05, 3.63) is 58.9 Å². The average molecular weight is 328 g/mol. The van der Waals surface area contributed by atoms with E-state index in [1.165, 1.54) is 0 Å². The van der Waals surface area contributed by atoms with Gasteiger partial charge >= 0.3 is 6.03 Å². The number of nitrogens with zero attached hydrogens (tertiary/aromatic N) is 2. The van der Waals surface area contributed by atoms with Gasteiger partial charge in [0.05, 0.1) is 24.4 Å². The van der Waals surface area contributed by atoms with Crippen LogP contribution >= 0.6 is 11.3 Å². The van der Waals surface area contributed by atoms with Crippen molar-refractivity contribution in [2.75, 3.05) is 0 Å². The highest BCUT2D eigenvalue weighted by atomic mass is 32.1. The Morgan fingerprint density at radius 2 is 2.30 bits per heavy atom. The normalized spacial score (nSPS) is 19.7. The second kappa shape index (κ2) is 5.68. The van der Waals surface area contributed by atoms with E-state index in [0.29, 0.717) is 13.0 Å². The van der Waals surface area contributed by atoms with Gasteiger partial charge in [-0.3, -0.25) is 4.40 Å². The lowest BCUT2D eigenvalue weighted by Gasteiger charge is -2.18. The van der Waals surface area contributed by atoms with E-state index in [4.69, 9.17) is 0 Å². The van der Waals surface area contributed by atoms with Gasteiger partial charge < -0.3 is 15.7 Å². The Morgan fingerprint density at radius 3 is 3.17 bits per heavy atom. The molecule has 0 bridgehead atoms. The zero-order valence-corrected chi connectivity index (χ0v) is 13.1. The molecule has 0 aliphatic heterocycles. The number of aliphatic hydroxyl groups is 1. The van der Waals surface area contributed by atoms with Crippen LogP contribution in [0.15, 0.2) is 42.0 Å². The molecule has 3 N–H and O–H groups in total. The fourth-order valence-electron chi connectivity index (χ4n) is 2.97. The summed E-state index contributed by atoms with van der Waals surface area (Å²) in [5, 5.41) is 17.8. The first kappa shape index (κ1) is 14.2. The maximum absolute atomic E-state index is 12.1. The number of amides is 2. The molecule has 3 aromatic rings. The lowest BCUT2D eigenvalue weighted by molar-refractivity contribution is 0.142. The van der Waals surface area contributed by atoms with Crippen molar-refractivity contribution in [3.63, 3.8) is 0 Å². The number of carbonyl (C=O) groups excluding carboxylic acids is 1. The molecule has 0 saturated carbocycles. The second-order valence-corrected chi connectivity index (χ2v) is 6.47. The van der Waals surface area contributed by atoms with Gasteiger partial charge in [-0.1, -0.05) is 24.3 Å². The van der Waals surface area contributed by atoms with E-state index in [0.717, 1.165) is 21.8 Å². The molecule has 2 aromatic heterocycles. The highest BCUT2D eigenvalue weighted by Gasteiger charge is 2.31. The smallest absolute Gasteiger partial charge is 0.315 e. The highest BCUT2D eigenvalue weighted by molar-refractivity contribution is 7.15. The minimum atomic E-state index is -0.587. The summed E-state index contributed by atoms with van der Waals surface area (Å²) in [7, 11) is 0. The van der Waals surface area contributed by atoms with E-state index in [-0.39, 0.29) is 12.1 Å². The molecule has 0 unspecified atom stereocenters. The summed E-state index contributed by atoms with van der Waals surface area (Å²) < 4.78 is 1.93. The maximum atomic E-state index is 12.1. The summed E-state index contributed by atoms with van der Waals surface area (Å²) in [5.74, 6) is 0. The topological polar surface area (TPSA) is 78.7 Å². The van der Waals surface area contributed by atoms with Crippen LogP contribution in [0.4, 0.5) is 4.79 Å². The molecule has 1 aliphatic carbocycles. The van der Waals surface area contributed by atoms with Crippen molar-refractivity contribution in [2.24, 2.45) is 0 Å². The van der Waals surface area contributed by atoms with E-state index in [9.17, 15) is 9.90 Å². The summed E-state index contributed by atoms with van der Waals surface area (Å²) in [4.78, 5) is 17.4. The van der Waals surface area contributed by atoms with Gasteiger partial charge in [-0.25, -0.2) is 9.78 Å². The van der Waals surface area contributed by atoms with Crippen molar-refractivity contribution in [1.29, 1.82) is 0 Å².